The second-order valence-corrected chi connectivity index (χ2v) is 22.5. The molecule has 13 aromatic rings. The number of hydrogen-bond donors (Lipinski definition) is 0. The number of aromatic nitrogens is 2. The second-order valence-electron chi connectivity index (χ2n) is 22.5. The van der Waals surface area contributed by atoms with Crippen LogP contribution in [0.2, 0.25) is 0 Å². The quantitative estimate of drug-likeness (QED) is 0.152. The predicted octanol–water partition coefficient (Wildman–Crippen LogP) is 20.3. The van der Waals surface area contributed by atoms with E-state index < -0.39 is 0 Å². The van der Waals surface area contributed by atoms with Crippen molar-refractivity contribution in [1.29, 1.82) is 0 Å². The smallest absolute Gasteiger partial charge is 0.180 e. The van der Waals surface area contributed by atoms with Gasteiger partial charge >= 0.3 is 0 Å². The molecular formula is C76H54N2O. The van der Waals surface area contributed by atoms with Gasteiger partial charge in [-0.05, 0) is 171 Å². The Labute approximate surface area is 461 Å². The summed E-state index contributed by atoms with van der Waals surface area (Å²) in [6.07, 6.45) is 1.66. The van der Waals surface area contributed by atoms with Crippen LogP contribution in [0.4, 0.5) is 0 Å². The number of rotatable bonds is 8. The molecule has 0 saturated heterocycles. The number of fused-ring (bicyclic) bond motifs is 9. The lowest BCUT2D eigenvalue weighted by Gasteiger charge is -2.22. The minimum absolute atomic E-state index is 0.0508. The van der Waals surface area contributed by atoms with Gasteiger partial charge in [-0.3, -0.25) is 0 Å². The Kier molecular flexibility index (Phi) is 10.6. The second kappa shape index (κ2) is 17.9. The van der Waals surface area contributed by atoms with E-state index in [1.807, 2.05) is 0 Å². The largest absolute Gasteiger partial charge is 0.451 e. The molecular weight excluding hydrogens is 957 g/mol. The molecule has 3 heteroatoms. The predicted molar refractivity (Wildman–Crippen MR) is 328 cm³/mol. The van der Waals surface area contributed by atoms with Crippen molar-refractivity contribution in [3.8, 4) is 111 Å². The first-order valence-electron chi connectivity index (χ1n) is 27.4. The van der Waals surface area contributed by atoms with E-state index in [2.05, 4.69) is 276 Å². The van der Waals surface area contributed by atoms with Crippen molar-refractivity contribution in [2.45, 2.75) is 38.5 Å². The Balaban J connectivity index is 0.716. The molecule has 0 spiro atoms. The van der Waals surface area contributed by atoms with Gasteiger partial charge in [0.2, 0.25) is 0 Å². The first-order chi connectivity index (χ1) is 38.6. The van der Waals surface area contributed by atoms with Crippen LogP contribution in [0.5, 0.6) is 0 Å². The molecule has 0 N–H and O–H groups in total. The van der Waals surface area contributed by atoms with Crippen LogP contribution in [0.15, 0.2) is 259 Å². The minimum atomic E-state index is -0.0529. The molecule has 0 amide bonds. The summed E-state index contributed by atoms with van der Waals surface area (Å²) in [5.41, 5.74) is 31.0. The van der Waals surface area contributed by atoms with E-state index in [4.69, 9.17) is 14.4 Å². The standard InChI is InChI=1S/C76H54N2O/c1-75(2)67-32-7-5-28-62(67)64-36-34-57(44-69(64)75)53-22-11-18-49(40-53)47-16-9-20-51(38-47)55-24-13-26-59(42-55)61-30-15-31-66-72-74(79-73(61)66)71(77-46-78-72)60-27-14-25-56(43-60)52-21-10-17-48(39-52)50-19-12-23-54(41-50)58-35-37-65-63-29-6-8-33-68(63)76(3,4)70(65)45-58/h5-46H,1-4H3. The highest BCUT2D eigenvalue weighted by Crippen LogP contribution is 2.51. The molecule has 3 nitrogen and oxygen atoms in total. The normalized spacial score (nSPS) is 13.5. The van der Waals surface area contributed by atoms with Crippen molar-refractivity contribution in [3.63, 3.8) is 0 Å². The van der Waals surface area contributed by atoms with E-state index in [-0.39, 0.29) is 10.8 Å². The molecule has 0 radical (unpaired) electrons. The summed E-state index contributed by atoms with van der Waals surface area (Å²) in [6.45, 7) is 9.37. The van der Waals surface area contributed by atoms with E-state index in [9.17, 15) is 0 Å². The van der Waals surface area contributed by atoms with Crippen LogP contribution < -0.4 is 0 Å². The van der Waals surface area contributed by atoms with Crippen molar-refractivity contribution in [2.75, 3.05) is 0 Å². The van der Waals surface area contributed by atoms with Crippen LogP contribution in [0.3, 0.4) is 0 Å². The molecule has 2 heterocycles. The average molecular weight is 1010 g/mol. The van der Waals surface area contributed by atoms with E-state index in [0.717, 1.165) is 66.7 Å². The van der Waals surface area contributed by atoms with Crippen molar-refractivity contribution >= 4 is 22.1 Å². The lowest BCUT2D eigenvalue weighted by Crippen LogP contribution is -2.14. The zero-order valence-corrected chi connectivity index (χ0v) is 44.6. The molecule has 79 heavy (non-hydrogen) atoms. The van der Waals surface area contributed by atoms with Crippen molar-refractivity contribution in [2.24, 2.45) is 0 Å². The lowest BCUT2D eigenvalue weighted by molar-refractivity contribution is 0.660. The van der Waals surface area contributed by atoms with Crippen LogP contribution >= 0.6 is 0 Å². The fourth-order valence-electron chi connectivity index (χ4n) is 13.0. The summed E-state index contributed by atoms with van der Waals surface area (Å²) in [7, 11) is 0. The molecule has 0 atom stereocenters. The van der Waals surface area contributed by atoms with Gasteiger partial charge in [0.15, 0.2) is 5.58 Å². The number of nitrogens with zero attached hydrogens (tertiary/aromatic N) is 2. The fourth-order valence-corrected chi connectivity index (χ4v) is 13.0. The monoisotopic (exact) mass is 1010 g/mol. The summed E-state index contributed by atoms with van der Waals surface area (Å²) in [5.74, 6) is 0. The maximum atomic E-state index is 6.94. The first kappa shape index (κ1) is 46.6. The van der Waals surface area contributed by atoms with Crippen molar-refractivity contribution in [1.82, 2.24) is 9.97 Å². The average Bonchev–Trinajstić information content (AvgIpc) is 4.24. The molecule has 2 aliphatic carbocycles. The maximum absolute atomic E-state index is 6.94. The van der Waals surface area contributed by atoms with Gasteiger partial charge in [0, 0.05) is 27.3 Å². The highest BCUT2D eigenvalue weighted by Gasteiger charge is 2.36. The number of furan rings is 1. The Bertz CT molecular complexity index is 4330. The molecule has 0 fully saturated rings. The van der Waals surface area contributed by atoms with Crippen LogP contribution in [0.1, 0.15) is 49.9 Å². The number of para-hydroxylation sites is 1. The first-order valence-corrected chi connectivity index (χ1v) is 27.4. The summed E-state index contributed by atoms with van der Waals surface area (Å²) in [4.78, 5) is 9.72. The van der Waals surface area contributed by atoms with Crippen LogP contribution in [0.25, 0.3) is 133 Å². The third-order valence-electron chi connectivity index (χ3n) is 17.2. The topological polar surface area (TPSA) is 38.9 Å². The Morgan fingerprint density at radius 1 is 0.266 bits per heavy atom. The van der Waals surface area contributed by atoms with Gasteiger partial charge in [0.1, 0.15) is 23.1 Å². The van der Waals surface area contributed by atoms with E-state index in [0.29, 0.717) is 5.58 Å². The van der Waals surface area contributed by atoms with Crippen LogP contribution in [-0.2, 0) is 10.8 Å². The molecule has 2 aromatic heterocycles. The maximum Gasteiger partial charge on any atom is 0.180 e. The zero-order valence-electron chi connectivity index (χ0n) is 44.6. The molecule has 2 aliphatic rings. The Morgan fingerprint density at radius 3 is 1.06 bits per heavy atom. The Hall–Kier alpha value is -9.70. The number of hydrogen-bond acceptors (Lipinski definition) is 3. The van der Waals surface area contributed by atoms with Gasteiger partial charge in [-0.2, -0.15) is 0 Å². The molecule has 0 bridgehead atoms. The molecule has 0 saturated carbocycles. The van der Waals surface area contributed by atoms with Gasteiger partial charge < -0.3 is 4.42 Å². The van der Waals surface area contributed by atoms with Crippen LogP contribution in [-0.4, -0.2) is 9.97 Å². The third-order valence-corrected chi connectivity index (χ3v) is 17.2. The van der Waals surface area contributed by atoms with Crippen LogP contribution in [0, 0.1) is 0 Å². The summed E-state index contributed by atoms with van der Waals surface area (Å²) in [6, 6.07) is 91.0. The number of benzene rings is 11. The van der Waals surface area contributed by atoms with E-state index in [1.165, 1.54) is 83.5 Å². The molecule has 11 aromatic carbocycles. The summed E-state index contributed by atoms with van der Waals surface area (Å²) < 4.78 is 6.94. The van der Waals surface area contributed by atoms with Gasteiger partial charge in [-0.15, -0.1) is 0 Å². The SMILES string of the molecule is CC1(C)c2ccccc2-c2ccc(-c3cccc(-c4cccc(-c5cccc(-c6cccc7c6oc6c(-c8cccc(-c9cccc(-c%10cccc(-c%11ccc%12c(c%11)C(C)(C)c%11ccccc%11-%12)c%10)c9)c8)ncnc67)c5)c4)c3)cc21. The molecule has 374 valence electrons. The summed E-state index contributed by atoms with van der Waals surface area (Å²) in [5, 5.41) is 0.958. The highest BCUT2D eigenvalue weighted by atomic mass is 16.3. The van der Waals surface area contributed by atoms with Gasteiger partial charge in [0.05, 0.1) is 0 Å². The minimum Gasteiger partial charge on any atom is -0.451 e. The van der Waals surface area contributed by atoms with Gasteiger partial charge in [0.25, 0.3) is 0 Å². The van der Waals surface area contributed by atoms with Gasteiger partial charge in [-0.1, -0.05) is 222 Å². The molecule has 0 aliphatic heterocycles. The van der Waals surface area contributed by atoms with E-state index >= 15 is 0 Å². The van der Waals surface area contributed by atoms with Crippen molar-refractivity contribution in [3.05, 3.63) is 277 Å². The Morgan fingerprint density at radius 2 is 0.608 bits per heavy atom. The van der Waals surface area contributed by atoms with Crippen molar-refractivity contribution < 1.29 is 4.42 Å². The van der Waals surface area contributed by atoms with Gasteiger partial charge in [-0.25, -0.2) is 9.97 Å². The zero-order chi connectivity index (χ0) is 53.0. The summed E-state index contributed by atoms with van der Waals surface area (Å²) >= 11 is 0. The lowest BCUT2D eigenvalue weighted by atomic mass is 9.81. The third kappa shape index (κ3) is 7.63. The molecule has 0 unspecified atom stereocenters. The fraction of sp³-hybridized carbons (Fsp3) is 0.0789. The highest BCUT2D eigenvalue weighted by molar-refractivity contribution is 6.10. The molecule has 15 rings (SSSR count). The van der Waals surface area contributed by atoms with E-state index in [1.54, 1.807) is 6.33 Å².